The van der Waals surface area contributed by atoms with Crippen LogP contribution < -0.4 is 10.1 Å². The number of ether oxygens (including phenoxy) is 1. The van der Waals surface area contributed by atoms with E-state index in [0.29, 0.717) is 6.61 Å². The lowest BCUT2D eigenvalue weighted by atomic mass is 10.1. The minimum Gasteiger partial charge on any atom is -0.485 e. The maximum Gasteiger partial charge on any atom is 0.174 e. The fourth-order valence-electron chi connectivity index (χ4n) is 1.93. The molecule has 4 heteroatoms. The topological polar surface area (TPSA) is 47.3 Å². The van der Waals surface area contributed by atoms with Crippen molar-refractivity contribution in [2.45, 2.75) is 40.3 Å². The van der Waals surface area contributed by atoms with E-state index in [-0.39, 0.29) is 0 Å². The van der Waals surface area contributed by atoms with Gasteiger partial charge in [0.15, 0.2) is 5.76 Å². The van der Waals surface area contributed by atoms with Crippen LogP contribution in [-0.4, -0.2) is 11.7 Å². The Hall–Kier alpha value is -1.81. The number of hydrogen-bond donors (Lipinski definition) is 1. The highest BCUT2D eigenvalue weighted by molar-refractivity contribution is 5.38. The molecule has 0 amide bonds. The molecule has 0 saturated carbocycles. The lowest BCUT2D eigenvalue weighted by Gasteiger charge is -2.08. The Balaban J connectivity index is 1.89. The molecule has 4 nitrogen and oxygen atoms in total. The third-order valence-corrected chi connectivity index (χ3v) is 3.27. The van der Waals surface area contributed by atoms with Gasteiger partial charge in [0.25, 0.3) is 0 Å². The van der Waals surface area contributed by atoms with Crippen molar-refractivity contribution in [3.63, 3.8) is 0 Å². The fraction of sp³-hybridized carbons (Fsp3) is 0.438. The zero-order chi connectivity index (χ0) is 14.4. The van der Waals surface area contributed by atoms with Gasteiger partial charge in [0, 0.05) is 12.6 Å². The Morgan fingerprint density at radius 3 is 2.95 bits per heavy atom. The summed E-state index contributed by atoms with van der Waals surface area (Å²) in [6.07, 6.45) is 1.11. The van der Waals surface area contributed by atoms with Crippen LogP contribution >= 0.6 is 0 Å². The second kappa shape index (κ2) is 7.10. The minimum atomic E-state index is 0.408. The summed E-state index contributed by atoms with van der Waals surface area (Å²) in [7, 11) is 0. The third-order valence-electron chi connectivity index (χ3n) is 3.27. The van der Waals surface area contributed by atoms with Crippen LogP contribution in [0.5, 0.6) is 5.75 Å². The van der Waals surface area contributed by atoms with E-state index in [4.69, 9.17) is 9.26 Å². The number of nitrogens with zero attached hydrogens (tertiary/aromatic N) is 1. The van der Waals surface area contributed by atoms with Gasteiger partial charge in [-0.1, -0.05) is 24.2 Å². The molecule has 1 aromatic heterocycles. The van der Waals surface area contributed by atoms with Gasteiger partial charge in [-0.25, -0.2) is 0 Å². The number of aryl methyl sites for hydroxylation is 1. The number of hydrogen-bond acceptors (Lipinski definition) is 4. The van der Waals surface area contributed by atoms with Gasteiger partial charge in [-0.05, 0) is 44.0 Å². The summed E-state index contributed by atoms with van der Waals surface area (Å²) in [5.74, 6) is 1.64. The fourth-order valence-corrected chi connectivity index (χ4v) is 1.93. The molecule has 0 radical (unpaired) electrons. The molecule has 20 heavy (non-hydrogen) atoms. The molecular weight excluding hydrogens is 252 g/mol. The third kappa shape index (κ3) is 3.84. The molecule has 0 aliphatic heterocycles. The normalized spacial score (nSPS) is 10.8. The molecule has 1 N–H and O–H groups in total. The molecule has 0 spiro atoms. The predicted molar refractivity (Wildman–Crippen MR) is 78.7 cm³/mol. The lowest BCUT2D eigenvalue weighted by Crippen LogP contribution is -2.13. The van der Waals surface area contributed by atoms with Crippen LogP contribution in [0.1, 0.15) is 35.9 Å². The van der Waals surface area contributed by atoms with E-state index in [1.54, 1.807) is 0 Å². The first-order chi connectivity index (χ1) is 9.70. The molecule has 1 aromatic carbocycles. The van der Waals surface area contributed by atoms with E-state index < -0.39 is 0 Å². The van der Waals surface area contributed by atoms with Crippen LogP contribution in [0.2, 0.25) is 0 Å². The summed E-state index contributed by atoms with van der Waals surface area (Å²) >= 11 is 0. The highest BCUT2D eigenvalue weighted by atomic mass is 16.5. The molecule has 0 aliphatic carbocycles. The van der Waals surface area contributed by atoms with Crippen molar-refractivity contribution >= 4 is 0 Å². The quantitative estimate of drug-likeness (QED) is 0.786. The van der Waals surface area contributed by atoms with Gasteiger partial charge in [0.1, 0.15) is 12.4 Å². The zero-order valence-corrected chi connectivity index (χ0v) is 12.4. The van der Waals surface area contributed by atoms with E-state index in [1.807, 2.05) is 18.2 Å². The summed E-state index contributed by atoms with van der Waals surface area (Å²) in [6, 6.07) is 7.99. The van der Waals surface area contributed by atoms with Crippen LogP contribution in [0.3, 0.4) is 0 Å². The molecule has 2 aromatic rings. The summed E-state index contributed by atoms with van der Waals surface area (Å²) in [6.45, 7) is 8.41. The van der Waals surface area contributed by atoms with E-state index in [1.165, 1.54) is 5.56 Å². The van der Waals surface area contributed by atoms with Gasteiger partial charge in [-0.15, -0.1) is 0 Å². The van der Waals surface area contributed by atoms with Crippen molar-refractivity contribution in [2.24, 2.45) is 0 Å². The summed E-state index contributed by atoms with van der Waals surface area (Å²) in [5, 5.41) is 7.31. The van der Waals surface area contributed by atoms with Crippen LogP contribution in [0.15, 0.2) is 28.8 Å². The molecule has 0 aliphatic rings. The molecule has 0 fully saturated rings. The molecule has 0 atom stereocenters. The first-order valence-electron chi connectivity index (χ1n) is 7.05. The van der Waals surface area contributed by atoms with Gasteiger partial charge >= 0.3 is 0 Å². The molecule has 1 heterocycles. The van der Waals surface area contributed by atoms with Gasteiger partial charge in [0.2, 0.25) is 0 Å². The average Bonchev–Trinajstić information content (AvgIpc) is 2.89. The van der Waals surface area contributed by atoms with Gasteiger partial charge in [0.05, 0.1) is 5.69 Å². The number of nitrogens with one attached hydrogen (secondary N) is 1. The highest BCUT2D eigenvalue weighted by Crippen LogP contribution is 2.21. The zero-order valence-electron chi connectivity index (χ0n) is 12.4. The Kier molecular flexibility index (Phi) is 5.18. The smallest absolute Gasteiger partial charge is 0.174 e. The molecule has 0 unspecified atom stereocenters. The summed E-state index contributed by atoms with van der Waals surface area (Å²) in [5.41, 5.74) is 3.30. The Morgan fingerprint density at radius 2 is 2.15 bits per heavy atom. The molecular formula is C16H22N2O2. The Labute approximate surface area is 120 Å². The van der Waals surface area contributed by atoms with Crippen molar-refractivity contribution in [2.75, 3.05) is 6.54 Å². The van der Waals surface area contributed by atoms with Crippen LogP contribution in [0.4, 0.5) is 0 Å². The van der Waals surface area contributed by atoms with Crippen LogP contribution in [-0.2, 0) is 13.2 Å². The van der Waals surface area contributed by atoms with Crippen LogP contribution in [0, 0.1) is 13.8 Å². The van der Waals surface area contributed by atoms with E-state index in [2.05, 4.69) is 37.3 Å². The first-order valence-corrected chi connectivity index (χ1v) is 7.05. The van der Waals surface area contributed by atoms with E-state index in [9.17, 15) is 0 Å². The lowest BCUT2D eigenvalue weighted by molar-refractivity contribution is 0.247. The van der Waals surface area contributed by atoms with E-state index >= 15 is 0 Å². The monoisotopic (exact) mass is 274 g/mol. The second-order valence-corrected chi connectivity index (χ2v) is 4.95. The number of aromatic nitrogens is 1. The van der Waals surface area contributed by atoms with Gasteiger partial charge in [-0.3, -0.25) is 0 Å². The van der Waals surface area contributed by atoms with Gasteiger partial charge < -0.3 is 14.6 Å². The molecule has 0 bridgehead atoms. The van der Waals surface area contributed by atoms with Crippen molar-refractivity contribution in [3.8, 4) is 5.75 Å². The number of rotatable bonds is 7. The molecule has 0 saturated heterocycles. The van der Waals surface area contributed by atoms with Crippen molar-refractivity contribution in [1.82, 2.24) is 10.5 Å². The predicted octanol–water partition coefficient (Wildman–Crippen LogP) is 3.37. The largest absolute Gasteiger partial charge is 0.485 e. The van der Waals surface area contributed by atoms with E-state index in [0.717, 1.165) is 42.3 Å². The van der Waals surface area contributed by atoms with Crippen molar-refractivity contribution < 1.29 is 9.26 Å². The Morgan fingerprint density at radius 1 is 1.30 bits per heavy atom. The maximum absolute atomic E-state index is 5.79. The number of benzene rings is 1. The van der Waals surface area contributed by atoms with Crippen molar-refractivity contribution in [1.29, 1.82) is 0 Å². The first kappa shape index (κ1) is 14.6. The van der Waals surface area contributed by atoms with Gasteiger partial charge in [-0.2, -0.15) is 0 Å². The molecule has 2 rings (SSSR count). The second-order valence-electron chi connectivity index (χ2n) is 4.95. The standard InChI is InChI=1S/C16H22N2O2/c1-4-8-17-10-14-9-15(20-18-14)11-19-16-7-5-6-12(2)13(16)3/h5-7,9,17H,4,8,10-11H2,1-3H3. The maximum atomic E-state index is 5.79. The Bertz CT molecular complexity index is 549. The summed E-state index contributed by atoms with van der Waals surface area (Å²) in [4.78, 5) is 0. The minimum absolute atomic E-state index is 0.408. The molecule has 108 valence electrons. The SMILES string of the molecule is CCCNCc1cc(COc2cccc(C)c2C)on1. The highest BCUT2D eigenvalue weighted by Gasteiger charge is 2.06. The van der Waals surface area contributed by atoms with Crippen molar-refractivity contribution in [3.05, 3.63) is 46.8 Å². The summed E-state index contributed by atoms with van der Waals surface area (Å²) < 4.78 is 11.1. The van der Waals surface area contributed by atoms with Crippen LogP contribution in [0.25, 0.3) is 0 Å². The average molecular weight is 274 g/mol.